The number of aromatic hydroxyl groups is 1. The fraction of sp³-hybridized carbons (Fsp3) is 0.471. The molecule has 1 aromatic carbocycles. The van der Waals surface area contributed by atoms with E-state index in [0.29, 0.717) is 32.7 Å². The normalized spacial score (nSPS) is 16.8. The number of aromatic nitrogens is 3. The first kappa shape index (κ1) is 15.7. The Bertz CT molecular complexity index is 766. The molecule has 2 aromatic rings. The second-order valence-electron chi connectivity index (χ2n) is 6.41. The highest BCUT2D eigenvalue weighted by atomic mass is 16.3. The molecule has 2 aliphatic heterocycles. The third-order valence-electron chi connectivity index (χ3n) is 4.87. The van der Waals surface area contributed by atoms with Crippen LogP contribution in [0.5, 0.6) is 5.75 Å². The van der Waals surface area contributed by atoms with Crippen molar-refractivity contribution in [2.24, 2.45) is 0 Å². The summed E-state index contributed by atoms with van der Waals surface area (Å²) in [7, 11) is 0. The van der Waals surface area contributed by atoms with E-state index in [0.717, 1.165) is 36.7 Å². The molecular weight excluding hydrogens is 320 g/mol. The zero-order valence-corrected chi connectivity index (χ0v) is 14.1. The van der Waals surface area contributed by atoms with Crippen molar-refractivity contribution in [3.63, 3.8) is 0 Å². The number of anilines is 1. The van der Waals surface area contributed by atoms with E-state index in [1.807, 2.05) is 18.2 Å². The highest BCUT2D eigenvalue weighted by Gasteiger charge is 2.23. The molecule has 132 valence electrons. The number of para-hydroxylation sites is 2. The van der Waals surface area contributed by atoms with E-state index in [1.54, 1.807) is 11.0 Å². The molecule has 1 fully saturated rings. The average Bonchev–Trinajstić information content (AvgIpc) is 3.24. The van der Waals surface area contributed by atoms with Gasteiger partial charge >= 0.3 is 6.03 Å². The topological polar surface area (TPSA) is 86.5 Å². The Morgan fingerprint density at radius 2 is 1.92 bits per heavy atom. The number of rotatable bonds is 3. The number of amides is 2. The molecule has 0 atom stereocenters. The summed E-state index contributed by atoms with van der Waals surface area (Å²) in [5.41, 5.74) is 0.821. The highest BCUT2D eigenvalue weighted by Crippen LogP contribution is 2.27. The number of aryl methyl sites for hydroxylation is 1. The van der Waals surface area contributed by atoms with Gasteiger partial charge in [-0.1, -0.05) is 12.1 Å². The Morgan fingerprint density at radius 1 is 1.12 bits per heavy atom. The summed E-state index contributed by atoms with van der Waals surface area (Å²) in [4.78, 5) is 16.3. The van der Waals surface area contributed by atoms with Crippen LogP contribution in [0.25, 0.3) is 0 Å². The van der Waals surface area contributed by atoms with Crippen molar-refractivity contribution in [3.05, 3.63) is 35.9 Å². The molecule has 1 saturated heterocycles. The lowest BCUT2D eigenvalue weighted by atomic mass is 10.2. The maximum Gasteiger partial charge on any atom is 0.317 e. The standard InChI is InChI=1S/C17H22N6O2/c24-14-5-2-1-4-13(14)21-8-10-22(11-9-21)17(25)18-12-16-20-19-15-6-3-7-23(15)16/h1-2,4-5,24H,3,6-12H2,(H,18,25). The molecule has 0 spiro atoms. The van der Waals surface area contributed by atoms with Gasteiger partial charge in [0.05, 0.1) is 12.2 Å². The number of nitrogens with zero attached hydrogens (tertiary/aromatic N) is 5. The van der Waals surface area contributed by atoms with Gasteiger partial charge in [-0.25, -0.2) is 4.79 Å². The molecule has 0 bridgehead atoms. The van der Waals surface area contributed by atoms with Crippen LogP contribution in [0.4, 0.5) is 10.5 Å². The van der Waals surface area contributed by atoms with Crippen LogP contribution in [0.1, 0.15) is 18.1 Å². The Morgan fingerprint density at radius 3 is 2.72 bits per heavy atom. The zero-order valence-electron chi connectivity index (χ0n) is 14.1. The summed E-state index contributed by atoms with van der Waals surface area (Å²) in [6.07, 6.45) is 2.06. The smallest absolute Gasteiger partial charge is 0.317 e. The van der Waals surface area contributed by atoms with Gasteiger partial charge in [0.25, 0.3) is 0 Å². The van der Waals surface area contributed by atoms with Gasteiger partial charge in [0.15, 0.2) is 5.82 Å². The quantitative estimate of drug-likeness (QED) is 0.868. The van der Waals surface area contributed by atoms with Gasteiger partial charge < -0.3 is 24.8 Å². The van der Waals surface area contributed by atoms with Crippen LogP contribution in [-0.2, 0) is 19.5 Å². The van der Waals surface area contributed by atoms with E-state index in [9.17, 15) is 9.90 Å². The summed E-state index contributed by atoms with van der Waals surface area (Å²) in [6, 6.07) is 7.23. The second kappa shape index (κ2) is 6.62. The number of fused-ring (bicyclic) bond motifs is 1. The van der Waals surface area contributed by atoms with Crippen LogP contribution in [-0.4, -0.2) is 57.0 Å². The van der Waals surface area contributed by atoms with Crippen molar-refractivity contribution < 1.29 is 9.90 Å². The lowest BCUT2D eigenvalue weighted by Gasteiger charge is -2.36. The number of urea groups is 1. The Hall–Kier alpha value is -2.77. The van der Waals surface area contributed by atoms with Crippen LogP contribution in [0.2, 0.25) is 0 Å². The van der Waals surface area contributed by atoms with Crippen molar-refractivity contribution >= 4 is 11.7 Å². The van der Waals surface area contributed by atoms with Crippen LogP contribution < -0.4 is 10.2 Å². The number of piperazine rings is 1. The summed E-state index contributed by atoms with van der Waals surface area (Å²) in [5, 5.41) is 21.2. The Kier molecular flexibility index (Phi) is 4.17. The Balaban J connectivity index is 1.30. The summed E-state index contributed by atoms with van der Waals surface area (Å²) in [5.74, 6) is 2.12. The van der Waals surface area contributed by atoms with Crippen molar-refractivity contribution in [1.82, 2.24) is 25.0 Å². The molecule has 0 radical (unpaired) electrons. The molecular formula is C17H22N6O2. The zero-order chi connectivity index (χ0) is 17.2. The first-order valence-electron chi connectivity index (χ1n) is 8.69. The van der Waals surface area contributed by atoms with Gasteiger partial charge in [-0.3, -0.25) is 0 Å². The SMILES string of the molecule is O=C(NCc1nnc2n1CCC2)N1CCN(c2ccccc2O)CC1. The molecule has 3 heterocycles. The molecule has 8 nitrogen and oxygen atoms in total. The molecule has 2 amide bonds. The lowest BCUT2D eigenvalue weighted by molar-refractivity contribution is 0.193. The van der Waals surface area contributed by atoms with Crippen molar-refractivity contribution in [2.75, 3.05) is 31.1 Å². The molecule has 4 rings (SSSR count). The number of hydrogen-bond acceptors (Lipinski definition) is 5. The van der Waals surface area contributed by atoms with E-state index >= 15 is 0 Å². The number of phenolic OH excluding ortho intramolecular Hbond substituents is 1. The molecule has 2 aliphatic rings. The third kappa shape index (κ3) is 3.11. The monoisotopic (exact) mass is 342 g/mol. The Labute approximate surface area is 146 Å². The van der Waals surface area contributed by atoms with E-state index in [4.69, 9.17) is 0 Å². The van der Waals surface area contributed by atoms with Gasteiger partial charge in [-0.05, 0) is 18.6 Å². The minimum Gasteiger partial charge on any atom is -0.506 e. The number of carbonyl (C=O) groups is 1. The van der Waals surface area contributed by atoms with Crippen LogP contribution in [0.3, 0.4) is 0 Å². The first-order valence-corrected chi connectivity index (χ1v) is 8.69. The van der Waals surface area contributed by atoms with Crippen LogP contribution in [0, 0.1) is 0 Å². The average molecular weight is 342 g/mol. The van der Waals surface area contributed by atoms with Crippen LogP contribution >= 0.6 is 0 Å². The minimum atomic E-state index is -0.0766. The third-order valence-corrected chi connectivity index (χ3v) is 4.87. The van der Waals surface area contributed by atoms with E-state index in [-0.39, 0.29) is 11.8 Å². The second-order valence-corrected chi connectivity index (χ2v) is 6.41. The fourth-order valence-electron chi connectivity index (χ4n) is 3.49. The number of carbonyl (C=O) groups excluding carboxylic acids is 1. The van der Waals surface area contributed by atoms with Gasteiger partial charge in [-0.2, -0.15) is 0 Å². The van der Waals surface area contributed by atoms with Crippen molar-refractivity contribution in [2.45, 2.75) is 25.9 Å². The predicted molar refractivity (Wildman–Crippen MR) is 92.5 cm³/mol. The van der Waals surface area contributed by atoms with Crippen molar-refractivity contribution in [1.29, 1.82) is 0 Å². The maximum atomic E-state index is 12.4. The molecule has 8 heteroatoms. The minimum absolute atomic E-state index is 0.0766. The van der Waals surface area contributed by atoms with Gasteiger partial charge in [0, 0.05) is 39.1 Å². The van der Waals surface area contributed by atoms with E-state index < -0.39 is 0 Å². The van der Waals surface area contributed by atoms with E-state index in [2.05, 4.69) is 25.0 Å². The molecule has 2 N–H and O–H groups in total. The fourth-order valence-corrected chi connectivity index (χ4v) is 3.49. The molecule has 0 unspecified atom stereocenters. The van der Waals surface area contributed by atoms with Gasteiger partial charge in [-0.15, -0.1) is 10.2 Å². The number of benzene rings is 1. The largest absolute Gasteiger partial charge is 0.506 e. The number of phenols is 1. The molecule has 0 saturated carbocycles. The van der Waals surface area contributed by atoms with Gasteiger partial charge in [0.2, 0.25) is 0 Å². The summed E-state index contributed by atoms with van der Waals surface area (Å²) >= 11 is 0. The number of hydrogen-bond donors (Lipinski definition) is 2. The van der Waals surface area contributed by atoms with Gasteiger partial charge in [0.1, 0.15) is 11.6 Å². The van der Waals surface area contributed by atoms with E-state index in [1.165, 1.54) is 0 Å². The summed E-state index contributed by atoms with van der Waals surface area (Å²) in [6.45, 7) is 3.99. The molecule has 0 aliphatic carbocycles. The highest BCUT2D eigenvalue weighted by molar-refractivity contribution is 5.74. The van der Waals surface area contributed by atoms with Crippen LogP contribution in [0.15, 0.2) is 24.3 Å². The first-order chi connectivity index (χ1) is 12.2. The number of nitrogens with one attached hydrogen (secondary N) is 1. The molecule has 1 aromatic heterocycles. The molecule has 25 heavy (non-hydrogen) atoms. The van der Waals surface area contributed by atoms with Crippen molar-refractivity contribution in [3.8, 4) is 5.75 Å². The predicted octanol–water partition coefficient (Wildman–Crippen LogP) is 0.962. The summed E-state index contributed by atoms with van der Waals surface area (Å²) < 4.78 is 2.09. The lowest BCUT2D eigenvalue weighted by Crippen LogP contribution is -2.51. The maximum absolute atomic E-state index is 12.4.